The highest BCUT2D eigenvalue weighted by Gasteiger charge is 2.01. The third-order valence-electron chi connectivity index (χ3n) is 1.02. The molecule has 0 saturated heterocycles. The molecule has 0 radical (unpaired) electrons. The Hall–Kier alpha value is -0.290. The third-order valence-corrected chi connectivity index (χ3v) is 2.26. The van der Waals surface area contributed by atoms with E-state index in [4.69, 9.17) is 5.73 Å². The van der Waals surface area contributed by atoms with Gasteiger partial charge in [-0.1, -0.05) is 6.92 Å². The van der Waals surface area contributed by atoms with Gasteiger partial charge in [-0.05, 0) is 21.7 Å². The van der Waals surface area contributed by atoms with Gasteiger partial charge in [0, 0.05) is 0 Å². The predicted octanol–water partition coefficient (Wildman–Crippen LogP) is 1.93. The van der Waals surface area contributed by atoms with Crippen molar-refractivity contribution in [2.24, 2.45) is 0 Å². The lowest BCUT2D eigenvalue weighted by atomic mass is 10.7. The van der Waals surface area contributed by atoms with Gasteiger partial charge < -0.3 is 5.73 Å². The fraction of sp³-hybridized carbons (Fsp3) is 0.333. The number of nitrogens with zero attached hydrogens (tertiary/aromatic N) is 2. The molecule has 0 aliphatic rings. The van der Waals surface area contributed by atoms with E-state index < -0.39 is 0 Å². The van der Waals surface area contributed by atoms with Crippen LogP contribution in [0.15, 0.2) is 15.8 Å². The van der Waals surface area contributed by atoms with E-state index in [1.54, 1.807) is 18.0 Å². The quantitative estimate of drug-likeness (QED) is 0.794. The summed E-state index contributed by atoms with van der Waals surface area (Å²) in [7, 11) is 0. The molecule has 3 nitrogen and oxygen atoms in total. The van der Waals surface area contributed by atoms with Crippen LogP contribution in [0.2, 0.25) is 0 Å². The molecular weight excluding hydrogens is 226 g/mol. The fourth-order valence-electron chi connectivity index (χ4n) is 0.604. The van der Waals surface area contributed by atoms with Crippen LogP contribution in [0.5, 0.6) is 0 Å². The van der Waals surface area contributed by atoms with Crippen molar-refractivity contribution in [1.29, 1.82) is 0 Å². The molecule has 0 aliphatic carbocycles. The number of thioether (sulfide) groups is 1. The van der Waals surface area contributed by atoms with Crippen molar-refractivity contribution in [3.63, 3.8) is 0 Å². The maximum atomic E-state index is 5.56. The summed E-state index contributed by atoms with van der Waals surface area (Å²) in [5, 5.41) is 0.793. The van der Waals surface area contributed by atoms with Gasteiger partial charge in [0.1, 0.15) is 9.63 Å². The second-order valence-corrected chi connectivity index (χ2v) is 3.88. The summed E-state index contributed by atoms with van der Waals surface area (Å²) in [5.41, 5.74) is 5.56. The van der Waals surface area contributed by atoms with E-state index in [1.807, 2.05) is 6.92 Å². The molecule has 0 fully saturated rings. The predicted molar refractivity (Wildman–Crippen MR) is 50.5 cm³/mol. The lowest BCUT2D eigenvalue weighted by Gasteiger charge is -2.00. The third kappa shape index (κ3) is 2.34. The number of halogens is 1. The van der Waals surface area contributed by atoms with Gasteiger partial charge in [0.2, 0.25) is 0 Å². The van der Waals surface area contributed by atoms with Crippen LogP contribution in [-0.4, -0.2) is 15.7 Å². The number of nitrogens with two attached hydrogens (primary N) is 1. The number of nitrogen functional groups attached to an aromatic ring is 1. The standard InChI is InChI=1S/C6H8BrN3S/c1-2-11-6-5(8)9-3-4(7)10-6/h3H,2H2,1H3,(H2,8,9). The Labute approximate surface area is 77.9 Å². The summed E-state index contributed by atoms with van der Waals surface area (Å²) in [6, 6.07) is 0. The van der Waals surface area contributed by atoms with Crippen LogP contribution in [0.1, 0.15) is 6.92 Å². The molecule has 1 heterocycles. The molecule has 60 valence electrons. The molecule has 1 aromatic rings. The molecule has 1 rings (SSSR count). The second-order valence-electron chi connectivity index (χ2n) is 1.82. The number of anilines is 1. The van der Waals surface area contributed by atoms with Gasteiger partial charge in [0.15, 0.2) is 5.82 Å². The molecule has 0 saturated carbocycles. The highest BCUT2D eigenvalue weighted by molar-refractivity contribution is 9.10. The smallest absolute Gasteiger partial charge is 0.156 e. The molecule has 5 heteroatoms. The topological polar surface area (TPSA) is 51.8 Å². The van der Waals surface area contributed by atoms with Crippen LogP contribution in [0.3, 0.4) is 0 Å². The summed E-state index contributed by atoms with van der Waals surface area (Å²) < 4.78 is 0.725. The average Bonchev–Trinajstić information content (AvgIpc) is 1.98. The van der Waals surface area contributed by atoms with E-state index in [2.05, 4.69) is 25.9 Å². The summed E-state index contributed by atoms with van der Waals surface area (Å²) >= 11 is 4.81. The van der Waals surface area contributed by atoms with Gasteiger partial charge in [-0.25, -0.2) is 9.97 Å². The minimum atomic E-state index is 0.500. The zero-order valence-corrected chi connectivity index (χ0v) is 8.44. The Kier molecular flexibility index (Phi) is 3.14. The molecule has 0 bridgehead atoms. The van der Waals surface area contributed by atoms with E-state index in [-0.39, 0.29) is 0 Å². The van der Waals surface area contributed by atoms with Crippen LogP contribution < -0.4 is 5.73 Å². The van der Waals surface area contributed by atoms with Crippen molar-refractivity contribution in [2.75, 3.05) is 11.5 Å². The van der Waals surface area contributed by atoms with Crippen molar-refractivity contribution < 1.29 is 0 Å². The van der Waals surface area contributed by atoms with Gasteiger partial charge in [0.25, 0.3) is 0 Å². The minimum absolute atomic E-state index is 0.500. The summed E-state index contributed by atoms with van der Waals surface area (Å²) in [6.07, 6.45) is 1.59. The van der Waals surface area contributed by atoms with E-state index >= 15 is 0 Å². The first kappa shape index (κ1) is 8.80. The summed E-state index contributed by atoms with van der Waals surface area (Å²) in [4.78, 5) is 8.10. The number of hydrogen-bond donors (Lipinski definition) is 1. The van der Waals surface area contributed by atoms with Crippen LogP contribution in [0, 0.1) is 0 Å². The average molecular weight is 234 g/mol. The Morgan fingerprint density at radius 1 is 1.73 bits per heavy atom. The fourth-order valence-corrected chi connectivity index (χ4v) is 1.64. The zero-order chi connectivity index (χ0) is 8.27. The van der Waals surface area contributed by atoms with Crippen LogP contribution in [0.4, 0.5) is 5.82 Å². The maximum absolute atomic E-state index is 5.56. The van der Waals surface area contributed by atoms with Gasteiger partial charge in [0.05, 0.1) is 6.20 Å². The molecule has 1 aromatic heterocycles. The minimum Gasteiger partial charge on any atom is -0.381 e. The van der Waals surface area contributed by atoms with Crippen LogP contribution in [0.25, 0.3) is 0 Å². The van der Waals surface area contributed by atoms with Crippen molar-refractivity contribution in [1.82, 2.24) is 9.97 Å². The summed E-state index contributed by atoms with van der Waals surface area (Å²) in [5.74, 6) is 1.45. The lowest BCUT2D eigenvalue weighted by Crippen LogP contribution is -1.95. The lowest BCUT2D eigenvalue weighted by molar-refractivity contribution is 1.04. The van der Waals surface area contributed by atoms with E-state index in [9.17, 15) is 0 Å². The monoisotopic (exact) mass is 233 g/mol. The molecule has 0 spiro atoms. The maximum Gasteiger partial charge on any atom is 0.156 e. The zero-order valence-electron chi connectivity index (χ0n) is 6.04. The Balaban J connectivity index is 2.93. The van der Waals surface area contributed by atoms with E-state index in [0.29, 0.717) is 5.82 Å². The molecule has 0 aromatic carbocycles. The Bertz CT molecular complexity index is 254. The molecule has 0 amide bonds. The number of rotatable bonds is 2. The van der Waals surface area contributed by atoms with E-state index in [0.717, 1.165) is 15.4 Å². The van der Waals surface area contributed by atoms with E-state index in [1.165, 1.54) is 0 Å². The van der Waals surface area contributed by atoms with Gasteiger partial charge in [-0.15, -0.1) is 11.8 Å². The Morgan fingerprint density at radius 2 is 2.45 bits per heavy atom. The van der Waals surface area contributed by atoms with Gasteiger partial charge >= 0.3 is 0 Å². The van der Waals surface area contributed by atoms with Crippen LogP contribution in [-0.2, 0) is 0 Å². The summed E-state index contributed by atoms with van der Waals surface area (Å²) in [6.45, 7) is 2.05. The van der Waals surface area contributed by atoms with Gasteiger partial charge in [-0.3, -0.25) is 0 Å². The van der Waals surface area contributed by atoms with Gasteiger partial charge in [-0.2, -0.15) is 0 Å². The molecule has 0 unspecified atom stereocenters. The van der Waals surface area contributed by atoms with Crippen molar-refractivity contribution >= 4 is 33.5 Å². The SMILES string of the molecule is CCSc1nc(Br)cnc1N. The number of hydrogen-bond acceptors (Lipinski definition) is 4. The van der Waals surface area contributed by atoms with Crippen molar-refractivity contribution in [2.45, 2.75) is 11.9 Å². The number of aromatic nitrogens is 2. The molecule has 0 atom stereocenters. The highest BCUT2D eigenvalue weighted by Crippen LogP contribution is 2.21. The first-order valence-corrected chi connectivity index (χ1v) is 4.92. The van der Waals surface area contributed by atoms with Crippen molar-refractivity contribution in [3.8, 4) is 0 Å². The highest BCUT2D eigenvalue weighted by atomic mass is 79.9. The Morgan fingerprint density at radius 3 is 3.09 bits per heavy atom. The molecular formula is C6H8BrN3S. The largest absolute Gasteiger partial charge is 0.381 e. The molecule has 11 heavy (non-hydrogen) atoms. The second kappa shape index (κ2) is 3.92. The van der Waals surface area contributed by atoms with Crippen LogP contribution >= 0.6 is 27.7 Å². The molecule has 2 N–H and O–H groups in total. The van der Waals surface area contributed by atoms with Crippen molar-refractivity contribution in [3.05, 3.63) is 10.8 Å². The first-order valence-electron chi connectivity index (χ1n) is 3.15. The molecule has 0 aliphatic heterocycles. The normalized spacial score (nSPS) is 10.0. The first-order chi connectivity index (χ1) is 5.24.